The van der Waals surface area contributed by atoms with Crippen LogP contribution in [-0.2, 0) is 4.79 Å². The van der Waals surface area contributed by atoms with E-state index in [1.54, 1.807) is 12.1 Å². The SMILES string of the molecule is Cc1ccc(/N=C2/C(=O)NC(=O)c3c2nn(-c2ccccc2)c3N)cc1. The number of amides is 2. The number of anilines is 1. The summed E-state index contributed by atoms with van der Waals surface area (Å²) >= 11 is 0. The van der Waals surface area contributed by atoms with Crippen molar-refractivity contribution < 1.29 is 9.59 Å². The maximum Gasteiger partial charge on any atom is 0.279 e. The van der Waals surface area contributed by atoms with Crippen molar-refractivity contribution in [3.63, 3.8) is 0 Å². The summed E-state index contributed by atoms with van der Waals surface area (Å²) in [5.41, 5.74) is 8.89. The number of para-hydroxylation sites is 1. The Morgan fingerprint density at radius 1 is 1.00 bits per heavy atom. The quantitative estimate of drug-likeness (QED) is 0.695. The third kappa shape index (κ3) is 2.55. The molecule has 0 atom stereocenters. The van der Waals surface area contributed by atoms with Crippen molar-refractivity contribution >= 4 is 29.0 Å². The van der Waals surface area contributed by atoms with Crippen molar-refractivity contribution in [2.24, 2.45) is 4.99 Å². The van der Waals surface area contributed by atoms with E-state index in [4.69, 9.17) is 5.73 Å². The minimum absolute atomic E-state index is 0.0600. The van der Waals surface area contributed by atoms with Gasteiger partial charge < -0.3 is 5.73 Å². The highest BCUT2D eigenvalue weighted by Gasteiger charge is 2.35. The van der Waals surface area contributed by atoms with Gasteiger partial charge >= 0.3 is 0 Å². The molecule has 1 aliphatic heterocycles. The number of rotatable bonds is 2. The van der Waals surface area contributed by atoms with Crippen molar-refractivity contribution in [3.8, 4) is 5.69 Å². The van der Waals surface area contributed by atoms with E-state index in [2.05, 4.69) is 15.4 Å². The van der Waals surface area contributed by atoms with Gasteiger partial charge in [-0.15, -0.1) is 0 Å². The van der Waals surface area contributed by atoms with Crippen LogP contribution in [0.4, 0.5) is 11.5 Å². The molecule has 1 aliphatic rings. The summed E-state index contributed by atoms with van der Waals surface area (Å²) in [6.07, 6.45) is 0. The van der Waals surface area contributed by atoms with Gasteiger partial charge in [-0.3, -0.25) is 14.9 Å². The molecule has 7 heteroatoms. The number of aliphatic imine (C=N–C) groups is 1. The number of hydrogen-bond donors (Lipinski definition) is 2. The van der Waals surface area contributed by atoms with Gasteiger partial charge in [0.1, 0.15) is 17.1 Å². The molecule has 0 saturated heterocycles. The van der Waals surface area contributed by atoms with E-state index < -0.39 is 11.8 Å². The molecule has 3 N–H and O–H groups in total. The van der Waals surface area contributed by atoms with Gasteiger partial charge in [0.25, 0.3) is 11.8 Å². The third-order valence-electron chi connectivity index (χ3n) is 4.09. The van der Waals surface area contributed by atoms with Crippen LogP contribution in [0.1, 0.15) is 21.6 Å². The van der Waals surface area contributed by atoms with E-state index in [-0.39, 0.29) is 22.8 Å². The molecule has 0 fully saturated rings. The molecule has 0 bridgehead atoms. The first kappa shape index (κ1) is 15.8. The Morgan fingerprint density at radius 3 is 2.38 bits per heavy atom. The smallest absolute Gasteiger partial charge is 0.279 e. The first-order valence-corrected chi connectivity index (χ1v) is 8.00. The van der Waals surface area contributed by atoms with Crippen LogP contribution in [0.25, 0.3) is 5.69 Å². The number of nitrogens with one attached hydrogen (secondary N) is 1. The van der Waals surface area contributed by atoms with Crippen LogP contribution in [0.15, 0.2) is 59.6 Å². The Kier molecular flexibility index (Phi) is 3.62. The summed E-state index contributed by atoms with van der Waals surface area (Å²) in [5, 5.41) is 6.68. The highest BCUT2D eigenvalue weighted by Crippen LogP contribution is 2.26. The largest absolute Gasteiger partial charge is 0.383 e. The summed E-state index contributed by atoms with van der Waals surface area (Å²) in [5.74, 6) is -1.01. The molecule has 2 aromatic carbocycles. The number of carbonyl (C=O) groups is 2. The van der Waals surface area contributed by atoms with Crippen molar-refractivity contribution in [2.75, 3.05) is 5.73 Å². The average Bonchev–Trinajstić information content (AvgIpc) is 2.99. The number of carbonyl (C=O) groups excluding carboxylic acids is 2. The Labute approximate surface area is 149 Å². The molecule has 4 rings (SSSR count). The van der Waals surface area contributed by atoms with E-state index in [1.807, 2.05) is 49.4 Å². The van der Waals surface area contributed by atoms with Gasteiger partial charge in [0.05, 0.1) is 11.4 Å². The van der Waals surface area contributed by atoms with Crippen LogP contribution < -0.4 is 11.1 Å². The number of benzene rings is 2. The van der Waals surface area contributed by atoms with Gasteiger partial charge in [0, 0.05) is 0 Å². The molecule has 2 heterocycles. The molecule has 0 unspecified atom stereocenters. The summed E-state index contributed by atoms with van der Waals surface area (Å²) < 4.78 is 1.44. The second-order valence-corrected chi connectivity index (χ2v) is 5.94. The first-order valence-electron chi connectivity index (χ1n) is 8.00. The fourth-order valence-corrected chi connectivity index (χ4v) is 2.77. The number of hydrogen-bond acceptors (Lipinski definition) is 5. The third-order valence-corrected chi connectivity index (χ3v) is 4.09. The zero-order chi connectivity index (χ0) is 18.3. The number of imide groups is 1. The van der Waals surface area contributed by atoms with Crippen molar-refractivity contribution in [2.45, 2.75) is 6.92 Å². The summed E-state index contributed by atoms with van der Waals surface area (Å²) in [7, 11) is 0. The number of fused-ring (bicyclic) bond motifs is 1. The Morgan fingerprint density at radius 2 is 1.69 bits per heavy atom. The van der Waals surface area contributed by atoms with Crippen LogP contribution in [-0.4, -0.2) is 27.3 Å². The van der Waals surface area contributed by atoms with Gasteiger partial charge in [-0.05, 0) is 31.2 Å². The second kappa shape index (κ2) is 5.96. The average molecular weight is 345 g/mol. The van der Waals surface area contributed by atoms with Gasteiger partial charge in [-0.2, -0.15) is 5.10 Å². The zero-order valence-corrected chi connectivity index (χ0v) is 13.9. The van der Waals surface area contributed by atoms with Gasteiger partial charge in [0.2, 0.25) is 0 Å². The number of nitrogen functional groups attached to an aromatic ring is 1. The lowest BCUT2D eigenvalue weighted by molar-refractivity contribution is -0.114. The summed E-state index contributed by atoms with van der Waals surface area (Å²) in [6.45, 7) is 1.96. The molecule has 128 valence electrons. The molecule has 1 aromatic heterocycles. The van der Waals surface area contributed by atoms with E-state index in [0.29, 0.717) is 11.4 Å². The predicted molar refractivity (Wildman–Crippen MR) is 97.8 cm³/mol. The fraction of sp³-hybridized carbons (Fsp3) is 0.0526. The number of nitrogens with two attached hydrogens (primary N) is 1. The van der Waals surface area contributed by atoms with E-state index in [0.717, 1.165) is 5.56 Å². The van der Waals surface area contributed by atoms with Crippen LogP contribution >= 0.6 is 0 Å². The molecule has 7 nitrogen and oxygen atoms in total. The van der Waals surface area contributed by atoms with Crippen molar-refractivity contribution in [1.82, 2.24) is 15.1 Å². The van der Waals surface area contributed by atoms with Crippen LogP contribution in [0.5, 0.6) is 0 Å². The lowest BCUT2D eigenvalue weighted by Gasteiger charge is -2.12. The molecule has 0 radical (unpaired) electrons. The van der Waals surface area contributed by atoms with Gasteiger partial charge in [-0.25, -0.2) is 9.67 Å². The fourth-order valence-electron chi connectivity index (χ4n) is 2.77. The van der Waals surface area contributed by atoms with Crippen molar-refractivity contribution in [3.05, 3.63) is 71.4 Å². The lowest BCUT2D eigenvalue weighted by atomic mass is 10.1. The maximum atomic E-state index is 12.3. The standard InChI is InChI=1S/C19H15N5O2/c1-11-7-9-12(10-8-11)21-16-15-14(18(25)22-19(16)26)17(20)24(23-15)13-5-3-2-4-6-13/h2-10H,20H2,1H3,(H,22,25,26)/b21-16+. The zero-order valence-electron chi connectivity index (χ0n) is 13.9. The van der Waals surface area contributed by atoms with Crippen LogP contribution in [0.3, 0.4) is 0 Å². The second-order valence-electron chi connectivity index (χ2n) is 5.94. The number of aromatic nitrogens is 2. The Hall–Kier alpha value is -3.74. The minimum Gasteiger partial charge on any atom is -0.383 e. The minimum atomic E-state index is -0.596. The lowest BCUT2D eigenvalue weighted by Crippen LogP contribution is -2.42. The Bertz CT molecular complexity index is 1050. The number of nitrogens with zero attached hydrogens (tertiary/aromatic N) is 3. The summed E-state index contributed by atoms with van der Waals surface area (Å²) in [4.78, 5) is 29.0. The monoisotopic (exact) mass is 345 g/mol. The molecular weight excluding hydrogens is 330 g/mol. The van der Waals surface area contributed by atoms with Crippen molar-refractivity contribution in [1.29, 1.82) is 0 Å². The van der Waals surface area contributed by atoms with Gasteiger partial charge in [-0.1, -0.05) is 35.9 Å². The molecule has 0 saturated carbocycles. The Balaban J connectivity index is 1.90. The van der Waals surface area contributed by atoms with E-state index >= 15 is 0 Å². The highest BCUT2D eigenvalue weighted by molar-refractivity contribution is 6.51. The molecular formula is C19H15N5O2. The maximum absolute atomic E-state index is 12.3. The molecule has 0 aliphatic carbocycles. The molecule has 3 aromatic rings. The topological polar surface area (TPSA) is 102 Å². The molecule has 2 amide bonds. The van der Waals surface area contributed by atoms with Gasteiger partial charge in [0.15, 0.2) is 5.71 Å². The molecule has 26 heavy (non-hydrogen) atoms. The normalized spacial score (nSPS) is 15.0. The number of aryl methyl sites for hydroxylation is 1. The first-order chi connectivity index (χ1) is 12.5. The predicted octanol–water partition coefficient (Wildman–Crippen LogP) is 2.15. The van der Waals surface area contributed by atoms with Crippen LogP contribution in [0.2, 0.25) is 0 Å². The highest BCUT2D eigenvalue weighted by atomic mass is 16.2. The van der Waals surface area contributed by atoms with E-state index in [1.165, 1.54) is 4.68 Å². The molecule has 0 spiro atoms. The van der Waals surface area contributed by atoms with Crippen LogP contribution in [0, 0.1) is 6.92 Å². The van der Waals surface area contributed by atoms with E-state index in [9.17, 15) is 9.59 Å². The summed E-state index contributed by atoms with van der Waals surface area (Å²) in [6, 6.07) is 16.5.